The molecule has 2 aromatic heterocycles. The Labute approximate surface area is 164 Å². The van der Waals surface area contributed by atoms with Gasteiger partial charge in [0.25, 0.3) is 0 Å². The van der Waals surface area contributed by atoms with Gasteiger partial charge >= 0.3 is 0 Å². The van der Waals surface area contributed by atoms with Crippen molar-refractivity contribution in [3.05, 3.63) is 70.9 Å². The Morgan fingerprint density at radius 1 is 1.00 bits per heavy atom. The molecule has 0 bridgehead atoms. The number of hydrogen-bond donors (Lipinski definition) is 1. The molecule has 0 unspecified atom stereocenters. The van der Waals surface area contributed by atoms with Gasteiger partial charge in [-0.25, -0.2) is 4.98 Å². The van der Waals surface area contributed by atoms with Gasteiger partial charge in [0, 0.05) is 21.9 Å². The Hall–Kier alpha value is -2.59. The van der Waals surface area contributed by atoms with Crippen LogP contribution in [0.15, 0.2) is 53.6 Å². The molecule has 4 heteroatoms. The molecule has 2 N–H and O–H groups in total. The van der Waals surface area contributed by atoms with Crippen molar-refractivity contribution in [3.8, 4) is 0 Å². The van der Waals surface area contributed by atoms with E-state index in [4.69, 9.17) is 5.73 Å². The minimum absolute atomic E-state index is 0.502. The third-order valence-corrected chi connectivity index (χ3v) is 6.04. The maximum absolute atomic E-state index is 6.18. The van der Waals surface area contributed by atoms with Crippen molar-refractivity contribution in [2.24, 2.45) is 0 Å². The highest BCUT2D eigenvalue weighted by Crippen LogP contribution is 2.31. The Balaban J connectivity index is 1.75. The predicted octanol–water partition coefficient (Wildman–Crippen LogP) is 5.49. The van der Waals surface area contributed by atoms with Crippen LogP contribution in [0.25, 0.3) is 21.8 Å². The van der Waals surface area contributed by atoms with E-state index in [1.54, 1.807) is 11.8 Å². The van der Waals surface area contributed by atoms with E-state index in [-0.39, 0.29) is 0 Å². The topological polar surface area (TPSA) is 51.8 Å². The molecule has 4 aromatic rings. The molecule has 0 radical (unpaired) electrons. The highest BCUT2D eigenvalue weighted by Gasteiger charge is 2.13. The van der Waals surface area contributed by atoms with Crippen molar-refractivity contribution in [1.82, 2.24) is 9.97 Å². The van der Waals surface area contributed by atoms with Crippen LogP contribution in [0.2, 0.25) is 0 Å². The zero-order chi connectivity index (χ0) is 19.0. The second-order valence-corrected chi connectivity index (χ2v) is 7.82. The predicted molar refractivity (Wildman–Crippen MR) is 117 cm³/mol. The quantitative estimate of drug-likeness (QED) is 0.380. The van der Waals surface area contributed by atoms with Crippen LogP contribution in [0.4, 0.5) is 5.82 Å². The number of nitrogens with zero attached hydrogens (tertiary/aromatic N) is 2. The fraction of sp³-hybridized carbons (Fsp3) is 0.217. The summed E-state index contributed by atoms with van der Waals surface area (Å²) < 4.78 is 0. The zero-order valence-electron chi connectivity index (χ0n) is 15.9. The second kappa shape index (κ2) is 7.20. The Bertz CT molecular complexity index is 1150. The van der Waals surface area contributed by atoms with Gasteiger partial charge < -0.3 is 5.73 Å². The molecule has 0 aliphatic heterocycles. The Morgan fingerprint density at radius 2 is 1.78 bits per heavy atom. The SMILES string of the molecule is CSc1ccc(CCc2cnc3c(N)nc4ccccc4c3c2C)c(C)c1. The number of aryl methyl sites for hydroxylation is 4. The van der Waals surface area contributed by atoms with Gasteiger partial charge in [-0.1, -0.05) is 24.3 Å². The van der Waals surface area contributed by atoms with E-state index in [9.17, 15) is 0 Å². The largest absolute Gasteiger partial charge is 0.382 e. The van der Waals surface area contributed by atoms with E-state index < -0.39 is 0 Å². The van der Waals surface area contributed by atoms with E-state index in [0.717, 1.165) is 34.6 Å². The first-order valence-corrected chi connectivity index (χ1v) is 10.4. The van der Waals surface area contributed by atoms with E-state index in [0.29, 0.717) is 5.82 Å². The van der Waals surface area contributed by atoms with Crippen LogP contribution in [0.5, 0.6) is 0 Å². The van der Waals surface area contributed by atoms with Gasteiger partial charge in [0.05, 0.1) is 5.52 Å². The smallest absolute Gasteiger partial charge is 0.150 e. The molecule has 0 aliphatic carbocycles. The van der Waals surface area contributed by atoms with Crippen molar-refractivity contribution in [2.45, 2.75) is 31.6 Å². The van der Waals surface area contributed by atoms with Gasteiger partial charge in [-0.2, -0.15) is 0 Å². The van der Waals surface area contributed by atoms with Crippen molar-refractivity contribution in [2.75, 3.05) is 12.0 Å². The molecule has 27 heavy (non-hydrogen) atoms. The number of rotatable bonds is 4. The van der Waals surface area contributed by atoms with Crippen LogP contribution in [0, 0.1) is 13.8 Å². The number of nitrogens with two attached hydrogens (primary N) is 1. The second-order valence-electron chi connectivity index (χ2n) is 6.94. The summed E-state index contributed by atoms with van der Waals surface area (Å²) in [6, 6.07) is 14.9. The molecule has 0 fully saturated rings. The molecule has 0 amide bonds. The van der Waals surface area contributed by atoms with Gasteiger partial charge in [-0.3, -0.25) is 4.98 Å². The van der Waals surface area contributed by atoms with Gasteiger partial charge in [-0.15, -0.1) is 11.8 Å². The number of pyridine rings is 2. The molecule has 0 saturated heterocycles. The molecule has 0 aliphatic rings. The number of thioether (sulfide) groups is 1. The lowest BCUT2D eigenvalue weighted by Gasteiger charge is -2.13. The number of benzene rings is 2. The molecule has 0 saturated carbocycles. The van der Waals surface area contributed by atoms with Crippen LogP contribution in [0.3, 0.4) is 0 Å². The van der Waals surface area contributed by atoms with Gasteiger partial charge in [0.15, 0.2) is 5.82 Å². The summed E-state index contributed by atoms with van der Waals surface area (Å²) in [6.07, 6.45) is 6.05. The van der Waals surface area contributed by atoms with Crippen LogP contribution in [-0.2, 0) is 12.8 Å². The molecule has 0 spiro atoms. The third kappa shape index (κ3) is 3.26. The van der Waals surface area contributed by atoms with Crippen molar-refractivity contribution in [1.29, 1.82) is 0 Å². The van der Waals surface area contributed by atoms with Crippen LogP contribution in [0.1, 0.15) is 22.3 Å². The van der Waals surface area contributed by atoms with Crippen LogP contribution < -0.4 is 5.73 Å². The highest BCUT2D eigenvalue weighted by atomic mass is 32.2. The molecule has 3 nitrogen and oxygen atoms in total. The van der Waals surface area contributed by atoms with Crippen molar-refractivity contribution in [3.63, 3.8) is 0 Å². The van der Waals surface area contributed by atoms with Gasteiger partial charge in [0.2, 0.25) is 0 Å². The summed E-state index contributed by atoms with van der Waals surface area (Å²) in [7, 11) is 0. The lowest BCUT2D eigenvalue weighted by molar-refractivity contribution is 0.932. The normalized spacial score (nSPS) is 11.4. The van der Waals surface area contributed by atoms with E-state index in [1.807, 2.05) is 24.4 Å². The van der Waals surface area contributed by atoms with Crippen molar-refractivity contribution >= 4 is 39.4 Å². The summed E-state index contributed by atoms with van der Waals surface area (Å²) in [5.41, 5.74) is 13.2. The maximum Gasteiger partial charge on any atom is 0.150 e. The lowest BCUT2D eigenvalue weighted by atomic mass is 9.96. The summed E-state index contributed by atoms with van der Waals surface area (Å²) in [6.45, 7) is 4.37. The minimum Gasteiger partial charge on any atom is -0.382 e. The first-order valence-electron chi connectivity index (χ1n) is 9.14. The molecular weight excluding hydrogens is 350 g/mol. The number of nitrogen functional groups attached to an aromatic ring is 1. The number of aromatic nitrogens is 2. The fourth-order valence-electron chi connectivity index (χ4n) is 3.73. The molecule has 2 aromatic carbocycles. The number of fused-ring (bicyclic) bond motifs is 3. The summed E-state index contributed by atoms with van der Waals surface area (Å²) >= 11 is 1.78. The van der Waals surface area contributed by atoms with E-state index >= 15 is 0 Å². The number of anilines is 1. The van der Waals surface area contributed by atoms with E-state index in [1.165, 1.54) is 27.1 Å². The van der Waals surface area contributed by atoms with E-state index in [2.05, 4.69) is 54.3 Å². The summed E-state index contributed by atoms with van der Waals surface area (Å²) in [5.74, 6) is 0.502. The van der Waals surface area contributed by atoms with Crippen LogP contribution >= 0.6 is 11.8 Å². The maximum atomic E-state index is 6.18. The van der Waals surface area contributed by atoms with Crippen LogP contribution in [-0.4, -0.2) is 16.2 Å². The highest BCUT2D eigenvalue weighted by molar-refractivity contribution is 7.98. The monoisotopic (exact) mass is 373 g/mol. The Morgan fingerprint density at radius 3 is 2.56 bits per heavy atom. The van der Waals surface area contributed by atoms with Crippen molar-refractivity contribution < 1.29 is 0 Å². The molecule has 136 valence electrons. The third-order valence-electron chi connectivity index (χ3n) is 5.31. The first-order chi connectivity index (χ1) is 13.1. The minimum atomic E-state index is 0.502. The average Bonchev–Trinajstić information content (AvgIpc) is 2.68. The number of para-hydroxylation sites is 1. The molecular formula is C23H23N3S. The fourth-order valence-corrected chi connectivity index (χ4v) is 4.23. The lowest BCUT2D eigenvalue weighted by Crippen LogP contribution is -2.01. The molecule has 2 heterocycles. The molecule has 4 rings (SSSR count). The number of hydrogen-bond acceptors (Lipinski definition) is 4. The molecule has 0 atom stereocenters. The van der Waals surface area contributed by atoms with Gasteiger partial charge in [-0.05, 0) is 73.4 Å². The van der Waals surface area contributed by atoms with Gasteiger partial charge in [0.1, 0.15) is 5.52 Å². The first kappa shape index (κ1) is 17.8. The standard InChI is InChI=1S/C23H23N3S/c1-14-12-18(27-3)11-10-16(14)8-9-17-13-25-22-21(15(17)2)19-6-4-5-7-20(19)26-23(22)24/h4-7,10-13H,8-9H2,1-3H3,(H2,24,26). The summed E-state index contributed by atoms with van der Waals surface area (Å²) in [5, 5.41) is 2.25. The summed E-state index contributed by atoms with van der Waals surface area (Å²) in [4.78, 5) is 10.5. The Kier molecular flexibility index (Phi) is 4.75. The average molecular weight is 374 g/mol. The zero-order valence-corrected chi connectivity index (χ0v) is 16.7.